The minimum Gasteiger partial charge on any atom is -0.421 e. The number of alkyl halides is 3. The van der Waals surface area contributed by atoms with E-state index in [0.29, 0.717) is 5.56 Å². The highest BCUT2D eigenvalue weighted by atomic mass is 19.4. The van der Waals surface area contributed by atoms with Gasteiger partial charge in [0, 0.05) is 11.7 Å². The third-order valence-electron chi connectivity index (χ3n) is 4.88. The van der Waals surface area contributed by atoms with Gasteiger partial charge in [-0.1, -0.05) is 63.2 Å². The summed E-state index contributed by atoms with van der Waals surface area (Å²) in [6.45, 7) is 6.36. The summed E-state index contributed by atoms with van der Waals surface area (Å²) in [5.74, 6) is 0. The van der Waals surface area contributed by atoms with Crippen LogP contribution in [0.2, 0.25) is 0 Å². The van der Waals surface area contributed by atoms with Crippen LogP contribution in [-0.2, 0) is 6.18 Å². The molecule has 2 aromatic rings. The van der Waals surface area contributed by atoms with Gasteiger partial charge < -0.3 is 4.81 Å². The van der Waals surface area contributed by atoms with Crippen LogP contribution in [0, 0.1) is 5.41 Å². The van der Waals surface area contributed by atoms with E-state index >= 15 is 0 Å². The summed E-state index contributed by atoms with van der Waals surface area (Å²) in [4.78, 5) is 1.73. The molecule has 2 radical (unpaired) electrons. The zero-order valence-electron chi connectivity index (χ0n) is 15.1. The van der Waals surface area contributed by atoms with Crippen LogP contribution in [0.4, 0.5) is 13.2 Å². The maximum absolute atomic E-state index is 12.9. The number of hydrogen-bond donors (Lipinski definition) is 0. The molecule has 134 valence electrons. The van der Waals surface area contributed by atoms with Crippen LogP contribution in [0.25, 0.3) is 11.3 Å². The number of benzene rings is 2. The first-order valence-electron chi connectivity index (χ1n) is 8.59. The van der Waals surface area contributed by atoms with Crippen molar-refractivity contribution in [2.45, 2.75) is 39.4 Å². The summed E-state index contributed by atoms with van der Waals surface area (Å²) in [7, 11) is 6.45. The fourth-order valence-electron chi connectivity index (χ4n) is 3.46. The Bertz CT molecular complexity index is 802. The first-order chi connectivity index (χ1) is 12.1. The topological polar surface area (TPSA) is 3.24 Å². The molecule has 1 heterocycles. The smallest absolute Gasteiger partial charge is 0.416 e. The average Bonchev–Trinajstić information content (AvgIpc) is 2.92. The van der Waals surface area contributed by atoms with Gasteiger partial charge in [0.2, 0.25) is 7.98 Å². The van der Waals surface area contributed by atoms with Gasteiger partial charge in [0.15, 0.2) is 0 Å². The molecule has 0 N–H and O–H groups in total. The molecule has 1 nitrogen and oxygen atoms in total. The van der Waals surface area contributed by atoms with Crippen molar-refractivity contribution >= 4 is 19.3 Å². The molecule has 0 fully saturated rings. The van der Waals surface area contributed by atoms with Gasteiger partial charge in [-0.05, 0) is 40.7 Å². The van der Waals surface area contributed by atoms with Crippen molar-refractivity contribution in [3.8, 4) is 0 Å². The van der Waals surface area contributed by atoms with Gasteiger partial charge in [0.1, 0.15) is 0 Å². The highest BCUT2D eigenvalue weighted by Crippen LogP contribution is 2.45. The lowest BCUT2D eigenvalue weighted by molar-refractivity contribution is -0.137. The van der Waals surface area contributed by atoms with E-state index in [1.807, 2.05) is 30.3 Å². The molecule has 0 saturated carbocycles. The standard InChI is InChI=1S/C21H21BF3N/c1-20(2,3)18-13-17(14-7-5-4-6-8-14)19(26(18)22)15-9-11-16(12-10-15)21(23,24)25/h4-12,18H,13H2,1-3H3/t18-/m0/s1. The quantitative estimate of drug-likeness (QED) is 0.618. The fourth-order valence-corrected chi connectivity index (χ4v) is 3.46. The van der Waals surface area contributed by atoms with Crippen molar-refractivity contribution in [2.75, 3.05) is 0 Å². The second kappa shape index (κ2) is 6.53. The van der Waals surface area contributed by atoms with Crippen molar-refractivity contribution in [2.24, 2.45) is 5.41 Å². The van der Waals surface area contributed by atoms with Crippen LogP contribution in [0.1, 0.15) is 43.9 Å². The lowest BCUT2D eigenvalue weighted by atomic mass is 9.82. The largest absolute Gasteiger partial charge is 0.421 e. The molecule has 1 atom stereocenters. The summed E-state index contributed by atoms with van der Waals surface area (Å²) in [6, 6.07) is 15.2. The summed E-state index contributed by atoms with van der Waals surface area (Å²) in [5.41, 5.74) is 2.88. The first kappa shape index (κ1) is 18.6. The maximum atomic E-state index is 12.9. The molecule has 26 heavy (non-hydrogen) atoms. The second-order valence-electron chi connectivity index (χ2n) is 7.76. The SMILES string of the molecule is [B]N1C(c2ccc(C(F)(F)F)cc2)=C(c2ccccc2)C[C@H]1C(C)(C)C. The zero-order valence-corrected chi connectivity index (χ0v) is 15.1. The van der Waals surface area contributed by atoms with Crippen molar-refractivity contribution in [1.29, 1.82) is 0 Å². The summed E-state index contributed by atoms with van der Waals surface area (Å²) < 4.78 is 38.7. The monoisotopic (exact) mass is 355 g/mol. The number of nitrogens with zero attached hydrogens (tertiary/aromatic N) is 1. The predicted octanol–water partition coefficient (Wildman–Crippen LogP) is 5.78. The molecule has 0 amide bonds. The number of hydrogen-bond acceptors (Lipinski definition) is 1. The van der Waals surface area contributed by atoms with E-state index in [4.69, 9.17) is 7.98 Å². The first-order valence-corrected chi connectivity index (χ1v) is 8.59. The Hall–Kier alpha value is -2.17. The van der Waals surface area contributed by atoms with Gasteiger partial charge >= 0.3 is 6.18 Å². The van der Waals surface area contributed by atoms with E-state index in [0.717, 1.165) is 35.4 Å². The maximum Gasteiger partial charge on any atom is 0.416 e. The van der Waals surface area contributed by atoms with E-state index in [2.05, 4.69) is 20.8 Å². The van der Waals surface area contributed by atoms with E-state index in [1.165, 1.54) is 12.1 Å². The Morgan fingerprint density at radius 3 is 1.96 bits per heavy atom. The normalized spacial score (nSPS) is 18.5. The molecule has 1 aliphatic rings. The van der Waals surface area contributed by atoms with Gasteiger partial charge in [0.25, 0.3) is 0 Å². The molecule has 2 aromatic carbocycles. The molecule has 0 spiro atoms. The highest BCUT2D eigenvalue weighted by Gasteiger charge is 2.37. The molecule has 0 saturated heterocycles. The van der Waals surface area contributed by atoms with Crippen LogP contribution in [0.5, 0.6) is 0 Å². The Labute approximate surface area is 154 Å². The molecule has 0 unspecified atom stereocenters. The molecular formula is C21H21BF3N. The predicted molar refractivity (Wildman–Crippen MR) is 100 cm³/mol. The van der Waals surface area contributed by atoms with E-state index < -0.39 is 11.7 Å². The number of rotatable bonds is 2. The molecule has 1 aliphatic heterocycles. The van der Waals surface area contributed by atoms with Crippen LogP contribution < -0.4 is 0 Å². The Balaban J connectivity index is 2.09. The van der Waals surface area contributed by atoms with Gasteiger partial charge in [-0.15, -0.1) is 0 Å². The number of halogens is 3. The fraction of sp³-hybridized carbons (Fsp3) is 0.333. The Kier molecular flexibility index (Phi) is 4.68. The van der Waals surface area contributed by atoms with Crippen molar-refractivity contribution in [1.82, 2.24) is 4.81 Å². The third kappa shape index (κ3) is 3.53. The van der Waals surface area contributed by atoms with Crippen LogP contribution >= 0.6 is 0 Å². The van der Waals surface area contributed by atoms with Crippen LogP contribution in [-0.4, -0.2) is 18.8 Å². The van der Waals surface area contributed by atoms with E-state index in [-0.39, 0.29) is 11.5 Å². The minimum absolute atomic E-state index is 0.0648. The third-order valence-corrected chi connectivity index (χ3v) is 4.88. The Morgan fingerprint density at radius 1 is 0.885 bits per heavy atom. The molecule has 5 heteroatoms. The van der Waals surface area contributed by atoms with E-state index in [1.54, 1.807) is 4.81 Å². The van der Waals surface area contributed by atoms with Gasteiger partial charge in [0.05, 0.1) is 5.56 Å². The van der Waals surface area contributed by atoms with Crippen molar-refractivity contribution < 1.29 is 13.2 Å². The summed E-state index contributed by atoms with van der Waals surface area (Å²) in [5, 5.41) is 0. The van der Waals surface area contributed by atoms with Gasteiger partial charge in [-0.3, -0.25) is 0 Å². The lowest BCUT2D eigenvalue weighted by Gasteiger charge is -2.36. The Morgan fingerprint density at radius 2 is 1.46 bits per heavy atom. The average molecular weight is 355 g/mol. The second-order valence-corrected chi connectivity index (χ2v) is 7.76. The minimum atomic E-state index is -4.35. The van der Waals surface area contributed by atoms with Gasteiger partial charge in [-0.25, -0.2) is 0 Å². The molecule has 0 bridgehead atoms. The summed E-state index contributed by atoms with van der Waals surface area (Å²) >= 11 is 0. The van der Waals surface area contributed by atoms with Crippen LogP contribution in [0.15, 0.2) is 54.6 Å². The van der Waals surface area contributed by atoms with E-state index in [9.17, 15) is 13.2 Å². The molecule has 0 aromatic heterocycles. The van der Waals surface area contributed by atoms with Gasteiger partial charge in [-0.2, -0.15) is 13.2 Å². The highest BCUT2D eigenvalue weighted by molar-refractivity contribution is 6.14. The summed E-state index contributed by atoms with van der Waals surface area (Å²) in [6.07, 6.45) is -3.60. The zero-order chi connectivity index (χ0) is 19.1. The van der Waals surface area contributed by atoms with Crippen molar-refractivity contribution in [3.05, 3.63) is 71.3 Å². The van der Waals surface area contributed by atoms with Crippen molar-refractivity contribution in [3.63, 3.8) is 0 Å². The lowest BCUT2D eigenvalue weighted by Crippen LogP contribution is -2.37. The molecule has 3 rings (SSSR count). The van der Waals surface area contributed by atoms with Crippen LogP contribution in [0.3, 0.4) is 0 Å². The molecule has 0 aliphatic carbocycles. The molecular weight excluding hydrogens is 334 g/mol.